The number of aromatic amines is 1. The van der Waals surface area contributed by atoms with Gasteiger partial charge in [-0.2, -0.15) is 0 Å². The number of benzene rings is 1. The van der Waals surface area contributed by atoms with E-state index in [1.165, 1.54) is 0 Å². The molecule has 1 N–H and O–H groups in total. The highest BCUT2D eigenvalue weighted by Crippen LogP contribution is 2.31. The van der Waals surface area contributed by atoms with E-state index in [-0.39, 0.29) is 0 Å². The summed E-state index contributed by atoms with van der Waals surface area (Å²) in [4.78, 5) is 12.9. The van der Waals surface area contributed by atoms with Gasteiger partial charge in [0.15, 0.2) is 5.16 Å². The van der Waals surface area contributed by atoms with Gasteiger partial charge in [0, 0.05) is 21.8 Å². The fourth-order valence-corrected chi connectivity index (χ4v) is 2.81. The van der Waals surface area contributed by atoms with E-state index in [1.807, 2.05) is 30.3 Å². The Bertz CT molecular complexity index is 632. The number of hydrogen-bond acceptors (Lipinski definition) is 3. The van der Waals surface area contributed by atoms with Crippen molar-refractivity contribution >= 4 is 38.7 Å². The molecule has 1 aromatic carbocycles. The van der Waals surface area contributed by atoms with Crippen molar-refractivity contribution in [3.8, 4) is 0 Å². The van der Waals surface area contributed by atoms with Crippen LogP contribution in [0, 0.1) is 0 Å². The lowest BCUT2D eigenvalue weighted by Crippen LogP contribution is -1.79. The molecule has 0 radical (unpaired) electrons. The fourth-order valence-electron chi connectivity index (χ4n) is 1.53. The van der Waals surface area contributed by atoms with Crippen molar-refractivity contribution in [3.05, 3.63) is 47.2 Å². The number of aromatic nitrogens is 3. The Morgan fingerprint density at radius 2 is 2.06 bits per heavy atom. The smallest absolute Gasteiger partial charge is 0.171 e. The molecule has 0 unspecified atom stereocenters. The number of rotatable bonds is 2. The SMILES string of the molecule is Brc1cnccc1Sc1nc2ccccc2[nH]1. The molecule has 0 atom stereocenters. The summed E-state index contributed by atoms with van der Waals surface area (Å²) in [6.45, 7) is 0. The Kier molecular flexibility index (Phi) is 2.86. The number of halogens is 1. The summed E-state index contributed by atoms with van der Waals surface area (Å²) in [7, 11) is 0. The average Bonchev–Trinajstić information content (AvgIpc) is 2.74. The first-order valence-corrected chi connectivity index (χ1v) is 6.66. The van der Waals surface area contributed by atoms with Gasteiger partial charge in [0.05, 0.1) is 11.0 Å². The molecule has 0 aliphatic rings. The third-order valence-electron chi connectivity index (χ3n) is 2.31. The second-order valence-corrected chi connectivity index (χ2v) is 5.35. The van der Waals surface area contributed by atoms with Crippen molar-refractivity contribution in [2.24, 2.45) is 0 Å². The summed E-state index contributed by atoms with van der Waals surface area (Å²) >= 11 is 5.06. The fraction of sp³-hybridized carbons (Fsp3) is 0. The van der Waals surface area contributed by atoms with E-state index in [2.05, 4.69) is 30.9 Å². The zero-order chi connectivity index (χ0) is 11.7. The van der Waals surface area contributed by atoms with Gasteiger partial charge in [0.2, 0.25) is 0 Å². The molecule has 3 nitrogen and oxygen atoms in total. The lowest BCUT2D eigenvalue weighted by Gasteiger charge is -1.99. The molecule has 0 fully saturated rings. The molecule has 0 spiro atoms. The minimum Gasteiger partial charge on any atom is -0.333 e. The molecule has 0 aliphatic carbocycles. The number of nitrogens with one attached hydrogen (secondary N) is 1. The predicted octanol–water partition coefficient (Wildman–Crippen LogP) is 3.87. The van der Waals surface area contributed by atoms with E-state index in [0.29, 0.717) is 0 Å². The van der Waals surface area contributed by atoms with Crippen LogP contribution in [-0.2, 0) is 0 Å². The summed E-state index contributed by atoms with van der Waals surface area (Å²) in [5.41, 5.74) is 2.04. The van der Waals surface area contributed by atoms with Crippen LogP contribution in [-0.4, -0.2) is 15.0 Å². The van der Waals surface area contributed by atoms with E-state index in [9.17, 15) is 0 Å². The molecule has 0 saturated heterocycles. The lowest BCUT2D eigenvalue weighted by atomic mass is 10.3. The third-order valence-corrected chi connectivity index (χ3v) is 4.17. The first-order chi connectivity index (χ1) is 8.33. The summed E-state index contributed by atoms with van der Waals surface area (Å²) < 4.78 is 0.977. The molecule has 84 valence electrons. The first-order valence-electron chi connectivity index (χ1n) is 5.05. The molecule has 0 bridgehead atoms. The highest BCUT2D eigenvalue weighted by Gasteiger charge is 2.06. The quantitative estimate of drug-likeness (QED) is 0.781. The zero-order valence-corrected chi connectivity index (χ0v) is 11.1. The van der Waals surface area contributed by atoms with Crippen molar-refractivity contribution in [1.82, 2.24) is 15.0 Å². The van der Waals surface area contributed by atoms with Crippen LogP contribution in [0.1, 0.15) is 0 Å². The van der Waals surface area contributed by atoms with Crippen molar-refractivity contribution in [1.29, 1.82) is 0 Å². The van der Waals surface area contributed by atoms with E-state index in [4.69, 9.17) is 0 Å². The lowest BCUT2D eigenvalue weighted by molar-refractivity contribution is 1.08. The number of para-hydroxylation sites is 2. The van der Waals surface area contributed by atoms with Crippen LogP contribution in [0.5, 0.6) is 0 Å². The maximum Gasteiger partial charge on any atom is 0.171 e. The number of nitrogens with zero attached hydrogens (tertiary/aromatic N) is 2. The minimum absolute atomic E-state index is 0.887. The van der Waals surface area contributed by atoms with Crippen LogP contribution in [0.15, 0.2) is 57.3 Å². The molecule has 3 aromatic rings. The van der Waals surface area contributed by atoms with Gasteiger partial charge in [-0.15, -0.1) is 0 Å². The Morgan fingerprint density at radius 3 is 2.88 bits per heavy atom. The van der Waals surface area contributed by atoms with Crippen molar-refractivity contribution in [2.45, 2.75) is 10.1 Å². The summed E-state index contributed by atoms with van der Waals surface area (Å²) in [5.74, 6) is 0. The standard InChI is InChI=1S/C12H8BrN3S/c13-8-7-14-6-5-11(8)17-12-15-9-3-1-2-4-10(9)16-12/h1-7H,(H,15,16). The van der Waals surface area contributed by atoms with Crippen LogP contribution in [0.2, 0.25) is 0 Å². The van der Waals surface area contributed by atoms with Crippen molar-refractivity contribution in [2.75, 3.05) is 0 Å². The summed E-state index contributed by atoms with van der Waals surface area (Å²) in [6.07, 6.45) is 3.56. The van der Waals surface area contributed by atoms with E-state index < -0.39 is 0 Å². The van der Waals surface area contributed by atoms with Gasteiger partial charge >= 0.3 is 0 Å². The summed E-state index contributed by atoms with van der Waals surface area (Å²) in [6, 6.07) is 9.96. The third kappa shape index (κ3) is 2.21. The Labute approximate surface area is 111 Å². The molecule has 17 heavy (non-hydrogen) atoms. The largest absolute Gasteiger partial charge is 0.333 e. The normalized spacial score (nSPS) is 10.9. The van der Waals surface area contributed by atoms with Gasteiger partial charge in [-0.3, -0.25) is 4.98 Å². The number of imidazole rings is 1. The summed E-state index contributed by atoms with van der Waals surface area (Å²) in [5, 5.41) is 0.887. The zero-order valence-electron chi connectivity index (χ0n) is 8.72. The molecular formula is C12H8BrN3S. The second kappa shape index (κ2) is 4.50. The van der Waals surface area contributed by atoms with Crippen molar-refractivity contribution < 1.29 is 0 Å². The number of pyridine rings is 1. The molecule has 5 heteroatoms. The van der Waals surface area contributed by atoms with Gasteiger partial charge in [-0.1, -0.05) is 23.9 Å². The molecule has 2 heterocycles. The highest BCUT2D eigenvalue weighted by atomic mass is 79.9. The molecule has 0 saturated carbocycles. The van der Waals surface area contributed by atoms with E-state index in [1.54, 1.807) is 24.2 Å². The topological polar surface area (TPSA) is 41.6 Å². The minimum atomic E-state index is 0.887. The molecule has 2 aromatic heterocycles. The van der Waals surface area contributed by atoms with Crippen LogP contribution >= 0.6 is 27.7 Å². The van der Waals surface area contributed by atoms with Crippen LogP contribution in [0.4, 0.5) is 0 Å². The molecule has 3 rings (SSSR count). The highest BCUT2D eigenvalue weighted by molar-refractivity contribution is 9.10. The Balaban J connectivity index is 1.98. The van der Waals surface area contributed by atoms with Crippen LogP contribution < -0.4 is 0 Å². The second-order valence-electron chi connectivity index (χ2n) is 3.47. The van der Waals surface area contributed by atoms with Crippen LogP contribution in [0.3, 0.4) is 0 Å². The number of fused-ring (bicyclic) bond motifs is 1. The van der Waals surface area contributed by atoms with Gasteiger partial charge in [0.1, 0.15) is 0 Å². The predicted molar refractivity (Wildman–Crippen MR) is 72.2 cm³/mol. The maximum atomic E-state index is 4.52. The number of hydrogen-bond donors (Lipinski definition) is 1. The van der Waals surface area contributed by atoms with E-state index >= 15 is 0 Å². The first kappa shape index (κ1) is 10.8. The van der Waals surface area contributed by atoms with E-state index in [0.717, 1.165) is 25.6 Å². The maximum absolute atomic E-state index is 4.52. The molecule has 0 amide bonds. The Hall–Kier alpha value is -1.33. The van der Waals surface area contributed by atoms with Crippen molar-refractivity contribution in [3.63, 3.8) is 0 Å². The van der Waals surface area contributed by atoms with Gasteiger partial charge < -0.3 is 4.98 Å². The Morgan fingerprint density at radius 1 is 1.18 bits per heavy atom. The monoisotopic (exact) mass is 305 g/mol. The molecule has 0 aliphatic heterocycles. The van der Waals surface area contributed by atoms with Crippen LogP contribution in [0.25, 0.3) is 11.0 Å². The van der Waals surface area contributed by atoms with Gasteiger partial charge in [0.25, 0.3) is 0 Å². The number of H-pyrrole nitrogens is 1. The van der Waals surface area contributed by atoms with Gasteiger partial charge in [-0.25, -0.2) is 4.98 Å². The molecular weight excluding hydrogens is 298 g/mol. The van der Waals surface area contributed by atoms with Gasteiger partial charge in [-0.05, 0) is 34.1 Å². The average molecular weight is 306 g/mol.